The third kappa shape index (κ3) is 5.85. The van der Waals surface area contributed by atoms with Crippen molar-refractivity contribution in [2.45, 2.75) is 94.0 Å². The molecule has 39 heavy (non-hydrogen) atoms. The third-order valence-electron chi connectivity index (χ3n) is 7.87. The molecule has 3 fully saturated rings. The molecule has 3 N–H and O–H groups in total. The highest BCUT2D eigenvalue weighted by Crippen LogP contribution is 2.46. The van der Waals surface area contributed by atoms with Gasteiger partial charge >= 0.3 is 0 Å². The molecule has 4 amide bonds. The van der Waals surface area contributed by atoms with Crippen LogP contribution in [0.3, 0.4) is 0 Å². The Morgan fingerprint density at radius 3 is 2.64 bits per heavy atom. The zero-order valence-electron chi connectivity index (χ0n) is 21.8. The maximum Gasteiger partial charge on any atom is 0.293 e. The lowest BCUT2D eigenvalue weighted by Gasteiger charge is -2.30. The predicted molar refractivity (Wildman–Crippen MR) is 136 cm³/mol. The quantitative estimate of drug-likeness (QED) is 0.430. The lowest BCUT2D eigenvalue weighted by Crippen LogP contribution is -2.58. The summed E-state index contributed by atoms with van der Waals surface area (Å²) in [6.45, 7) is 1.88. The molecule has 2 saturated carbocycles. The molecule has 0 bridgehead atoms. The Labute approximate surface area is 226 Å². The highest BCUT2D eigenvalue weighted by Gasteiger charge is 2.61. The zero-order valence-corrected chi connectivity index (χ0v) is 22.7. The van der Waals surface area contributed by atoms with Gasteiger partial charge in [-0.1, -0.05) is 30.2 Å². The number of nitrogens with zero attached hydrogens (tertiary/aromatic N) is 3. The van der Waals surface area contributed by atoms with Crippen LogP contribution in [-0.2, 0) is 24.4 Å². The van der Waals surface area contributed by atoms with Crippen molar-refractivity contribution >= 4 is 33.7 Å². The molecule has 4 aliphatic rings. The summed E-state index contributed by atoms with van der Waals surface area (Å²) in [4.78, 5) is 58.5. The molecule has 1 saturated heterocycles. The molecule has 4 atom stereocenters. The predicted octanol–water partition coefficient (Wildman–Crippen LogP) is 0.471. The zero-order chi connectivity index (χ0) is 27.8. The van der Waals surface area contributed by atoms with Crippen LogP contribution in [0.4, 0.5) is 0 Å². The summed E-state index contributed by atoms with van der Waals surface area (Å²) in [5.74, 6) is -2.57. The van der Waals surface area contributed by atoms with Gasteiger partial charge in [0.15, 0.2) is 0 Å². The van der Waals surface area contributed by atoms with Crippen molar-refractivity contribution < 1.29 is 32.1 Å². The maximum absolute atomic E-state index is 13.7. The molecule has 3 heterocycles. The summed E-state index contributed by atoms with van der Waals surface area (Å²) in [7, 11) is -3.79. The summed E-state index contributed by atoms with van der Waals surface area (Å²) in [6, 6.07) is -1.73. The first-order valence-corrected chi connectivity index (χ1v) is 15.1. The van der Waals surface area contributed by atoms with Crippen LogP contribution in [0.5, 0.6) is 0 Å². The van der Waals surface area contributed by atoms with Crippen LogP contribution in [0.2, 0.25) is 0 Å². The lowest BCUT2D eigenvalue weighted by molar-refractivity contribution is -0.141. The van der Waals surface area contributed by atoms with Gasteiger partial charge in [0, 0.05) is 19.4 Å². The molecule has 212 valence electrons. The van der Waals surface area contributed by atoms with Gasteiger partial charge in [-0.05, 0) is 51.4 Å². The number of aromatic nitrogens is 2. The second kappa shape index (κ2) is 10.7. The molecular weight excluding hydrogens is 528 g/mol. The van der Waals surface area contributed by atoms with E-state index < -0.39 is 56.5 Å². The third-order valence-corrected chi connectivity index (χ3v) is 9.69. The van der Waals surface area contributed by atoms with E-state index in [1.165, 1.54) is 4.90 Å². The fourth-order valence-corrected chi connectivity index (χ4v) is 6.75. The average Bonchev–Trinajstić information content (AvgIpc) is 3.76. The molecule has 0 spiro atoms. The van der Waals surface area contributed by atoms with Crippen molar-refractivity contribution in [1.82, 2.24) is 30.4 Å². The first-order chi connectivity index (χ1) is 18.6. The van der Waals surface area contributed by atoms with Crippen LogP contribution in [0.1, 0.15) is 80.7 Å². The first-order valence-electron chi connectivity index (χ1n) is 13.6. The van der Waals surface area contributed by atoms with E-state index in [1.807, 2.05) is 12.2 Å². The fourth-order valence-electron chi connectivity index (χ4n) is 5.39. The van der Waals surface area contributed by atoms with E-state index >= 15 is 0 Å². The lowest BCUT2D eigenvalue weighted by atomic mass is 10.0. The van der Waals surface area contributed by atoms with Crippen LogP contribution in [0.15, 0.2) is 16.7 Å². The van der Waals surface area contributed by atoms with E-state index in [0.717, 1.165) is 19.3 Å². The van der Waals surface area contributed by atoms with E-state index in [4.69, 9.17) is 4.52 Å². The summed E-state index contributed by atoms with van der Waals surface area (Å²) >= 11 is 0. The van der Waals surface area contributed by atoms with Crippen molar-refractivity contribution in [3.05, 3.63) is 23.9 Å². The second-order valence-corrected chi connectivity index (χ2v) is 12.8. The fraction of sp³-hybridized carbons (Fsp3) is 0.680. The minimum atomic E-state index is -3.79. The van der Waals surface area contributed by atoms with Gasteiger partial charge in [-0.15, -0.1) is 0 Å². The molecule has 0 radical (unpaired) electrons. The van der Waals surface area contributed by atoms with E-state index in [2.05, 4.69) is 25.5 Å². The molecule has 1 aromatic rings. The Kier molecular flexibility index (Phi) is 7.49. The highest BCUT2D eigenvalue weighted by molar-refractivity contribution is 7.91. The van der Waals surface area contributed by atoms with Gasteiger partial charge in [-0.25, -0.2) is 8.42 Å². The Morgan fingerprint density at radius 2 is 1.92 bits per heavy atom. The summed E-state index contributed by atoms with van der Waals surface area (Å²) in [5.41, 5.74) is -1.38. The summed E-state index contributed by atoms with van der Waals surface area (Å²) < 4.78 is 32.0. The Morgan fingerprint density at radius 1 is 1.13 bits per heavy atom. The number of aryl methyl sites for hydroxylation is 1. The SMILES string of the molecule is Cc1nc(C(=O)N[C@H]2CCCCC/C=C\[C@@H]3C[C@@]3(C(=O)NS(=O)(=O)C3CC3)NC(=O)[C@@H]3CCCN3C2=O)no1. The van der Waals surface area contributed by atoms with Crippen molar-refractivity contribution in [2.75, 3.05) is 6.54 Å². The van der Waals surface area contributed by atoms with Gasteiger partial charge in [-0.2, -0.15) is 4.98 Å². The molecule has 13 nitrogen and oxygen atoms in total. The van der Waals surface area contributed by atoms with Crippen LogP contribution in [0, 0.1) is 12.8 Å². The molecule has 2 aliphatic carbocycles. The highest BCUT2D eigenvalue weighted by atomic mass is 32.2. The van der Waals surface area contributed by atoms with Crippen LogP contribution >= 0.6 is 0 Å². The second-order valence-electron chi connectivity index (χ2n) is 10.9. The molecule has 5 rings (SSSR count). The van der Waals surface area contributed by atoms with E-state index in [-0.39, 0.29) is 24.1 Å². The number of carbonyl (C=O) groups excluding carboxylic acids is 4. The number of amides is 4. The smallest absolute Gasteiger partial charge is 0.293 e. The monoisotopic (exact) mass is 562 g/mol. The van der Waals surface area contributed by atoms with Crippen LogP contribution in [0.25, 0.3) is 0 Å². The van der Waals surface area contributed by atoms with Crippen LogP contribution < -0.4 is 15.4 Å². The minimum Gasteiger partial charge on any atom is -0.339 e. The van der Waals surface area contributed by atoms with E-state index in [9.17, 15) is 27.6 Å². The number of nitrogens with one attached hydrogen (secondary N) is 3. The number of carbonyl (C=O) groups is 4. The maximum atomic E-state index is 13.7. The Hall–Kier alpha value is -3.29. The molecule has 14 heteroatoms. The van der Waals surface area contributed by atoms with Crippen molar-refractivity contribution in [3.63, 3.8) is 0 Å². The number of rotatable bonds is 5. The van der Waals surface area contributed by atoms with E-state index in [1.54, 1.807) is 6.92 Å². The largest absolute Gasteiger partial charge is 0.339 e. The van der Waals surface area contributed by atoms with Crippen molar-refractivity contribution in [3.8, 4) is 0 Å². The average molecular weight is 563 g/mol. The van der Waals surface area contributed by atoms with Crippen LogP contribution in [-0.4, -0.2) is 76.5 Å². The number of allylic oxidation sites excluding steroid dienone is 1. The van der Waals surface area contributed by atoms with E-state index in [0.29, 0.717) is 45.1 Å². The standard InChI is InChI=1S/C25H34N6O7S/c1-15-26-20(29-38-15)22(33)27-18-9-6-4-2-3-5-8-16-14-25(16,24(35)30-39(36,37)17-11-12-17)28-21(32)19-10-7-13-31(19)23(18)34/h5,8,16-19H,2-4,6-7,9-14H2,1H3,(H,27,33)(H,28,32)(H,30,35)/b8-5-/t16-,18+,19+,25-/m1/s1. The molecule has 2 aliphatic heterocycles. The molecule has 0 aromatic carbocycles. The number of fused-ring (bicyclic) bond motifs is 2. The topological polar surface area (TPSA) is 181 Å². The number of hydrogen-bond acceptors (Lipinski definition) is 9. The van der Waals surface area contributed by atoms with Crippen molar-refractivity contribution in [1.29, 1.82) is 0 Å². The number of sulfonamides is 1. The van der Waals surface area contributed by atoms with Gasteiger partial charge in [-0.3, -0.25) is 23.9 Å². The normalized spacial score (nSPS) is 30.7. The van der Waals surface area contributed by atoms with Gasteiger partial charge in [0.2, 0.25) is 27.7 Å². The van der Waals surface area contributed by atoms with Gasteiger partial charge in [0.25, 0.3) is 17.6 Å². The van der Waals surface area contributed by atoms with Gasteiger partial charge < -0.3 is 20.1 Å². The Bertz CT molecular complexity index is 1290. The summed E-state index contributed by atoms with van der Waals surface area (Å²) in [6.07, 6.45) is 9.51. The molecule has 0 unspecified atom stereocenters. The van der Waals surface area contributed by atoms with Gasteiger partial charge in [0.1, 0.15) is 17.6 Å². The van der Waals surface area contributed by atoms with Crippen molar-refractivity contribution in [2.24, 2.45) is 5.92 Å². The summed E-state index contributed by atoms with van der Waals surface area (Å²) in [5, 5.41) is 8.57. The molecule has 1 aromatic heterocycles. The molecular formula is C25H34N6O7S. The van der Waals surface area contributed by atoms with Gasteiger partial charge in [0.05, 0.1) is 5.25 Å². The number of hydrogen-bond donors (Lipinski definition) is 3. The first kappa shape index (κ1) is 27.3. The minimum absolute atomic E-state index is 0.175. The Balaban J connectivity index is 1.36.